The number of aromatic nitrogens is 2. The summed E-state index contributed by atoms with van der Waals surface area (Å²) in [7, 11) is -1.64. The molecule has 0 bridgehead atoms. The number of sulfonamides is 1. The molecule has 1 fully saturated rings. The fourth-order valence-corrected chi connectivity index (χ4v) is 2.66. The highest BCUT2D eigenvalue weighted by Crippen LogP contribution is 2.08. The minimum atomic E-state index is -3.64. The van der Waals surface area contributed by atoms with Crippen molar-refractivity contribution in [2.45, 2.75) is 4.90 Å². The van der Waals surface area contributed by atoms with Gasteiger partial charge in [-0.25, -0.2) is 29.2 Å². The van der Waals surface area contributed by atoms with Gasteiger partial charge < -0.3 is 4.90 Å². The van der Waals surface area contributed by atoms with Crippen LogP contribution < -0.4 is 16.1 Å². The maximum Gasteiger partial charge on any atom is 0.256 e. The number of rotatable bonds is 4. The molecular formula is C9H17N7O2S. The number of hydrogen-bond acceptors (Lipinski definition) is 8. The second-order valence-corrected chi connectivity index (χ2v) is 5.93. The summed E-state index contributed by atoms with van der Waals surface area (Å²) in [6, 6.07) is 0. The molecule has 0 unspecified atom stereocenters. The molecule has 0 aromatic carbocycles. The maximum atomic E-state index is 12.1. The van der Waals surface area contributed by atoms with Crippen LogP contribution in [0.3, 0.4) is 0 Å². The summed E-state index contributed by atoms with van der Waals surface area (Å²) in [5.41, 5.74) is 2.24. The van der Waals surface area contributed by atoms with E-state index in [1.54, 1.807) is 5.01 Å². The zero-order chi connectivity index (χ0) is 13.9. The van der Waals surface area contributed by atoms with Crippen LogP contribution in [0.4, 0.5) is 5.95 Å². The third-order valence-electron chi connectivity index (χ3n) is 2.82. The Hall–Kier alpha value is -1.33. The Balaban J connectivity index is 2.05. The molecule has 0 saturated carbocycles. The number of likely N-dealkylation sites (N-methyl/N-ethyl adjacent to an activating group) is 1. The normalized spacial score (nSPS) is 18.4. The zero-order valence-corrected chi connectivity index (χ0v) is 11.4. The SMILES string of the molecule is CN1CCN(NS(=O)(=O)c2cnc(NN)nc2)CC1. The van der Waals surface area contributed by atoms with E-state index in [2.05, 4.69) is 25.1 Å². The topological polar surface area (TPSA) is 116 Å². The van der Waals surface area contributed by atoms with Crippen molar-refractivity contribution >= 4 is 16.0 Å². The zero-order valence-electron chi connectivity index (χ0n) is 10.6. The van der Waals surface area contributed by atoms with Crippen LogP contribution >= 0.6 is 0 Å². The van der Waals surface area contributed by atoms with E-state index in [0.717, 1.165) is 13.1 Å². The molecule has 0 radical (unpaired) electrons. The van der Waals surface area contributed by atoms with E-state index in [-0.39, 0.29) is 10.8 Å². The Morgan fingerprint density at radius 3 is 2.32 bits per heavy atom. The molecule has 9 nitrogen and oxygen atoms in total. The standard InChI is InChI=1S/C9H17N7O2S/c1-15-2-4-16(5-3-15)14-19(17,18)8-6-11-9(13-10)12-7-8/h6-7,14H,2-5,10H2,1H3,(H,11,12,13). The number of nitrogens with zero attached hydrogens (tertiary/aromatic N) is 4. The maximum absolute atomic E-state index is 12.1. The molecule has 0 spiro atoms. The van der Waals surface area contributed by atoms with Gasteiger partial charge in [0.1, 0.15) is 4.90 Å². The molecule has 1 aromatic heterocycles. The molecule has 0 aliphatic carbocycles. The van der Waals surface area contributed by atoms with Gasteiger partial charge in [0.05, 0.1) is 12.4 Å². The summed E-state index contributed by atoms with van der Waals surface area (Å²) in [5, 5.41) is 1.67. The van der Waals surface area contributed by atoms with Crippen molar-refractivity contribution < 1.29 is 8.42 Å². The van der Waals surface area contributed by atoms with Crippen LogP contribution in [0.2, 0.25) is 0 Å². The molecule has 4 N–H and O–H groups in total. The molecule has 106 valence electrons. The van der Waals surface area contributed by atoms with Crippen molar-refractivity contribution in [3.8, 4) is 0 Å². The predicted molar refractivity (Wildman–Crippen MR) is 69.2 cm³/mol. The molecule has 1 aliphatic heterocycles. The van der Waals surface area contributed by atoms with E-state index < -0.39 is 10.0 Å². The van der Waals surface area contributed by atoms with Crippen molar-refractivity contribution in [1.82, 2.24) is 24.7 Å². The predicted octanol–water partition coefficient (Wildman–Crippen LogP) is -1.80. The highest BCUT2D eigenvalue weighted by Gasteiger charge is 2.21. The van der Waals surface area contributed by atoms with Crippen molar-refractivity contribution in [2.75, 3.05) is 38.7 Å². The summed E-state index contributed by atoms with van der Waals surface area (Å²) < 4.78 is 24.2. The summed E-state index contributed by atoms with van der Waals surface area (Å²) in [5.74, 6) is 5.28. The smallest absolute Gasteiger partial charge is 0.256 e. The van der Waals surface area contributed by atoms with Gasteiger partial charge in [-0.05, 0) is 7.05 Å². The molecule has 10 heteroatoms. The summed E-state index contributed by atoms with van der Waals surface area (Å²) in [6.07, 6.45) is 2.42. The first-order valence-electron chi connectivity index (χ1n) is 5.76. The van der Waals surface area contributed by atoms with Gasteiger partial charge in [-0.2, -0.15) is 0 Å². The number of hydrogen-bond donors (Lipinski definition) is 3. The third kappa shape index (κ3) is 3.58. The number of nitrogens with two attached hydrogens (primary N) is 1. The van der Waals surface area contributed by atoms with Gasteiger partial charge in [0.15, 0.2) is 0 Å². The Bertz CT molecular complexity index is 510. The summed E-state index contributed by atoms with van der Waals surface area (Å²) in [6.45, 7) is 2.90. The van der Waals surface area contributed by atoms with E-state index in [4.69, 9.17) is 5.84 Å². The molecule has 2 rings (SSSR count). The Labute approximate surface area is 111 Å². The van der Waals surface area contributed by atoms with E-state index in [1.165, 1.54) is 12.4 Å². The molecule has 1 aromatic rings. The second kappa shape index (κ2) is 5.75. The van der Waals surface area contributed by atoms with Gasteiger partial charge in [-0.1, -0.05) is 0 Å². The Morgan fingerprint density at radius 1 is 1.21 bits per heavy atom. The van der Waals surface area contributed by atoms with Crippen LogP contribution in [0.1, 0.15) is 0 Å². The number of nitrogens with one attached hydrogen (secondary N) is 2. The monoisotopic (exact) mass is 287 g/mol. The number of anilines is 1. The third-order valence-corrected chi connectivity index (χ3v) is 4.15. The Morgan fingerprint density at radius 2 is 1.79 bits per heavy atom. The first-order chi connectivity index (χ1) is 9.01. The quantitative estimate of drug-likeness (QED) is 0.439. The fourth-order valence-electron chi connectivity index (χ4n) is 1.65. The minimum absolute atomic E-state index is 0.00503. The van der Waals surface area contributed by atoms with Crippen LogP contribution in [0, 0.1) is 0 Å². The molecule has 1 aliphatic rings. The minimum Gasteiger partial charge on any atom is -0.304 e. The van der Waals surface area contributed by atoms with Gasteiger partial charge in [0.25, 0.3) is 10.0 Å². The van der Waals surface area contributed by atoms with E-state index in [1.807, 2.05) is 7.05 Å². The molecule has 19 heavy (non-hydrogen) atoms. The average Bonchev–Trinajstić information content (AvgIpc) is 2.41. The van der Waals surface area contributed by atoms with Gasteiger partial charge >= 0.3 is 0 Å². The number of piperazine rings is 1. The molecule has 0 amide bonds. The number of hydrazine groups is 2. The molecule has 0 atom stereocenters. The van der Waals surface area contributed by atoms with Crippen LogP contribution in [0.15, 0.2) is 17.3 Å². The van der Waals surface area contributed by atoms with E-state index in [0.29, 0.717) is 13.1 Å². The number of nitrogen functional groups attached to an aromatic ring is 1. The summed E-state index contributed by atoms with van der Waals surface area (Å²) in [4.78, 5) is 12.2. The van der Waals surface area contributed by atoms with Crippen molar-refractivity contribution in [1.29, 1.82) is 0 Å². The molecular weight excluding hydrogens is 270 g/mol. The van der Waals surface area contributed by atoms with E-state index >= 15 is 0 Å². The largest absolute Gasteiger partial charge is 0.304 e. The van der Waals surface area contributed by atoms with E-state index in [9.17, 15) is 8.42 Å². The lowest BCUT2D eigenvalue weighted by Crippen LogP contribution is -2.52. The lowest BCUT2D eigenvalue weighted by molar-refractivity contribution is 0.135. The van der Waals surface area contributed by atoms with Gasteiger partial charge in [-0.15, -0.1) is 4.83 Å². The second-order valence-electron chi connectivity index (χ2n) is 4.27. The molecule has 2 heterocycles. The average molecular weight is 287 g/mol. The van der Waals surface area contributed by atoms with Crippen molar-refractivity contribution in [3.63, 3.8) is 0 Å². The highest BCUT2D eigenvalue weighted by atomic mass is 32.2. The van der Waals surface area contributed by atoms with Gasteiger partial charge in [0, 0.05) is 26.2 Å². The van der Waals surface area contributed by atoms with Crippen LogP contribution in [0.25, 0.3) is 0 Å². The van der Waals surface area contributed by atoms with Crippen molar-refractivity contribution in [3.05, 3.63) is 12.4 Å². The summed E-state index contributed by atoms with van der Waals surface area (Å²) >= 11 is 0. The first-order valence-corrected chi connectivity index (χ1v) is 7.24. The first kappa shape index (κ1) is 14.1. The highest BCUT2D eigenvalue weighted by molar-refractivity contribution is 7.89. The van der Waals surface area contributed by atoms with Crippen molar-refractivity contribution in [2.24, 2.45) is 5.84 Å². The Kier molecular flexibility index (Phi) is 4.27. The van der Waals surface area contributed by atoms with Gasteiger partial charge in [0.2, 0.25) is 5.95 Å². The van der Waals surface area contributed by atoms with Crippen LogP contribution in [-0.2, 0) is 10.0 Å². The van der Waals surface area contributed by atoms with Gasteiger partial charge in [-0.3, -0.25) is 5.43 Å². The lowest BCUT2D eigenvalue weighted by Gasteiger charge is -2.31. The lowest BCUT2D eigenvalue weighted by atomic mass is 10.4. The fraction of sp³-hybridized carbons (Fsp3) is 0.556. The van der Waals surface area contributed by atoms with Crippen LogP contribution in [-0.4, -0.2) is 61.5 Å². The molecule has 1 saturated heterocycles. The van der Waals surface area contributed by atoms with Crippen LogP contribution in [0.5, 0.6) is 0 Å².